The lowest BCUT2D eigenvalue weighted by molar-refractivity contribution is 0.0716. The molecule has 1 unspecified atom stereocenters. The lowest BCUT2D eigenvalue weighted by Crippen LogP contribution is -2.34. The number of aromatic hydroxyl groups is 1. The molecule has 0 saturated heterocycles. The first kappa shape index (κ1) is 13.2. The van der Waals surface area contributed by atoms with Gasteiger partial charge in [0.05, 0.1) is 19.3 Å². The normalized spacial score (nSPS) is 12.4. The Balaban J connectivity index is 2.99. The Labute approximate surface area is 96.0 Å². The number of aromatic amines is 1. The molecule has 0 fully saturated rings. The zero-order valence-electron chi connectivity index (χ0n) is 9.27. The number of hydrogen-bond donors (Lipinski definition) is 2. The molecule has 1 rings (SSSR count). The maximum absolute atomic E-state index is 13.1. The second-order valence-corrected chi connectivity index (χ2v) is 3.44. The molecule has 1 aromatic heterocycles. The lowest BCUT2D eigenvalue weighted by atomic mass is 10.4. The van der Waals surface area contributed by atoms with E-state index < -0.39 is 29.1 Å². The quantitative estimate of drug-likeness (QED) is 0.712. The van der Waals surface area contributed by atoms with E-state index >= 15 is 0 Å². The molecule has 0 bridgehead atoms. The van der Waals surface area contributed by atoms with Crippen molar-refractivity contribution in [3.8, 4) is 5.88 Å². The molecule has 7 heteroatoms. The number of halogens is 1. The van der Waals surface area contributed by atoms with Crippen LogP contribution in [0.25, 0.3) is 0 Å². The Morgan fingerprint density at radius 2 is 2.29 bits per heavy atom. The predicted molar refractivity (Wildman–Crippen MR) is 58.6 cm³/mol. The van der Waals surface area contributed by atoms with Gasteiger partial charge in [-0.1, -0.05) is 6.08 Å². The Bertz CT molecular complexity index is 520. The van der Waals surface area contributed by atoms with Crippen molar-refractivity contribution in [2.75, 3.05) is 6.61 Å². The van der Waals surface area contributed by atoms with Crippen LogP contribution >= 0.6 is 0 Å². The first-order valence-corrected chi connectivity index (χ1v) is 4.91. The van der Waals surface area contributed by atoms with Gasteiger partial charge in [-0.2, -0.15) is 4.39 Å². The molecule has 0 aromatic carbocycles. The fourth-order valence-corrected chi connectivity index (χ4v) is 1.25. The van der Waals surface area contributed by atoms with E-state index in [2.05, 4.69) is 6.58 Å². The maximum atomic E-state index is 13.1. The average Bonchev–Trinajstić information content (AvgIpc) is 2.29. The Morgan fingerprint density at radius 3 is 2.88 bits per heavy atom. The molecule has 0 aliphatic rings. The highest BCUT2D eigenvalue weighted by atomic mass is 19.1. The minimum Gasteiger partial charge on any atom is -0.492 e. The van der Waals surface area contributed by atoms with Crippen LogP contribution in [0.4, 0.5) is 4.39 Å². The maximum Gasteiger partial charge on any atom is 0.331 e. The fraction of sp³-hybridized carbons (Fsp3) is 0.400. The van der Waals surface area contributed by atoms with Crippen LogP contribution in [0.1, 0.15) is 6.92 Å². The van der Waals surface area contributed by atoms with Gasteiger partial charge in [-0.05, 0) is 6.92 Å². The van der Waals surface area contributed by atoms with Gasteiger partial charge in [0.1, 0.15) is 0 Å². The first-order chi connectivity index (χ1) is 7.97. The largest absolute Gasteiger partial charge is 0.492 e. The summed E-state index contributed by atoms with van der Waals surface area (Å²) in [5, 5.41) is 9.33. The molecule has 6 nitrogen and oxygen atoms in total. The van der Waals surface area contributed by atoms with Crippen LogP contribution in [0, 0.1) is 5.82 Å². The summed E-state index contributed by atoms with van der Waals surface area (Å²) >= 11 is 0. The van der Waals surface area contributed by atoms with E-state index in [1.165, 1.54) is 6.08 Å². The highest BCUT2D eigenvalue weighted by Crippen LogP contribution is 2.08. The standard InChI is InChI=1S/C10H13FN2O4/c1-3-4-17-6(2)5-13-9(15)7(11)8(14)12-10(13)16/h3,6,15H,1,4-5H2,2H3,(H,12,14,16). The number of nitrogens with zero attached hydrogens (tertiary/aromatic N) is 1. The third-order valence-electron chi connectivity index (χ3n) is 2.06. The van der Waals surface area contributed by atoms with Crippen molar-refractivity contribution in [3.63, 3.8) is 0 Å². The smallest absolute Gasteiger partial charge is 0.331 e. The van der Waals surface area contributed by atoms with E-state index in [0.717, 1.165) is 0 Å². The van der Waals surface area contributed by atoms with Crippen molar-refractivity contribution in [1.29, 1.82) is 0 Å². The molecule has 0 aliphatic heterocycles. The monoisotopic (exact) mass is 244 g/mol. The molecule has 1 heterocycles. The van der Waals surface area contributed by atoms with Gasteiger partial charge >= 0.3 is 5.69 Å². The van der Waals surface area contributed by atoms with E-state index in [-0.39, 0.29) is 13.2 Å². The molecule has 2 N–H and O–H groups in total. The van der Waals surface area contributed by atoms with Crippen LogP contribution in [-0.4, -0.2) is 27.4 Å². The summed E-state index contributed by atoms with van der Waals surface area (Å²) in [5.74, 6) is -2.38. The zero-order chi connectivity index (χ0) is 13.0. The first-order valence-electron chi connectivity index (χ1n) is 4.91. The molecule has 1 aromatic rings. The summed E-state index contributed by atoms with van der Waals surface area (Å²) < 4.78 is 18.9. The predicted octanol–water partition coefficient (Wildman–Crippen LogP) is -0.0276. The lowest BCUT2D eigenvalue weighted by Gasteiger charge is -2.14. The summed E-state index contributed by atoms with van der Waals surface area (Å²) in [5.41, 5.74) is -2.13. The molecule has 0 spiro atoms. The summed E-state index contributed by atoms with van der Waals surface area (Å²) in [4.78, 5) is 23.9. The van der Waals surface area contributed by atoms with Crippen LogP contribution in [-0.2, 0) is 11.3 Å². The highest BCUT2D eigenvalue weighted by molar-refractivity contribution is 5.09. The van der Waals surface area contributed by atoms with Gasteiger partial charge < -0.3 is 9.84 Å². The van der Waals surface area contributed by atoms with Crippen molar-refractivity contribution in [1.82, 2.24) is 9.55 Å². The Kier molecular flexibility index (Phi) is 4.22. The van der Waals surface area contributed by atoms with Crippen molar-refractivity contribution < 1.29 is 14.2 Å². The third-order valence-corrected chi connectivity index (χ3v) is 2.06. The molecule has 0 radical (unpaired) electrons. The van der Waals surface area contributed by atoms with Gasteiger partial charge in [0.15, 0.2) is 0 Å². The van der Waals surface area contributed by atoms with Gasteiger partial charge in [0.2, 0.25) is 11.7 Å². The van der Waals surface area contributed by atoms with Gasteiger partial charge in [-0.3, -0.25) is 14.3 Å². The summed E-state index contributed by atoms with van der Waals surface area (Å²) in [7, 11) is 0. The summed E-state index contributed by atoms with van der Waals surface area (Å²) in [6.07, 6.45) is 1.08. The van der Waals surface area contributed by atoms with Crippen molar-refractivity contribution >= 4 is 0 Å². The fourth-order valence-electron chi connectivity index (χ4n) is 1.25. The summed E-state index contributed by atoms with van der Waals surface area (Å²) in [6, 6.07) is 0. The van der Waals surface area contributed by atoms with E-state index in [1.807, 2.05) is 0 Å². The van der Waals surface area contributed by atoms with Crippen molar-refractivity contribution in [2.24, 2.45) is 0 Å². The Morgan fingerprint density at radius 1 is 1.65 bits per heavy atom. The van der Waals surface area contributed by atoms with E-state index in [9.17, 15) is 19.1 Å². The van der Waals surface area contributed by atoms with Crippen molar-refractivity contribution in [2.45, 2.75) is 19.6 Å². The summed E-state index contributed by atoms with van der Waals surface area (Å²) in [6.45, 7) is 5.28. The van der Waals surface area contributed by atoms with Gasteiger partial charge in [0.25, 0.3) is 5.56 Å². The van der Waals surface area contributed by atoms with E-state index in [1.54, 1.807) is 11.9 Å². The second kappa shape index (κ2) is 5.44. The molecule has 0 amide bonds. The van der Waals surface area contributed by atoms with Crippen LogP contribution in [0.2, 0.25) is 0 Å². The molecule has 1 atom stereocenters. The van der Waals surface area contributed by atoms with E-state index in [4.69, 9.17) is 4.74 Å². The van der Waals surface area contributed by atoms with Gasteiger partial charge in [-0.25, -0.2) is 4.79 Å². The molecule has 94 valence electrons. The number of ether oxygens (including phenoxy) is 1. The van der Waals surface area contributed by atoms with Gasteiger partial charge in [0, 0.05) is 0 Å². The van der Waals surface area contributed by atoms with Crippen LogP contribution < -0.4 is 11.2 Å². The third kappa shape index (κ3) is 3.04. The molecular formula is C10H13FN2O4. The van der Waals surface area contributed by atoms with Crippen molar-refractivity contribution in [3.05, 3.63) is 39.3 Å². The number of hydrogen-bond acceptors (Lipinski definition) is 4. The zero-order valence-corrected chi connectivity index (χ0v) is 9.27. The SMILES string of the molecule is C=CCOC(C)Cn1c(O)c(F)c(=O)[nH]c1=O. The number of nitrogens with one attached hydrogen (secondary N) is 1. The number of H-pyrrole nitrogens is 1. The number of aromatic nitrogens is 2. The minimum atomic E-state index is -1.39. The van der Waals surface area contributed by atoms with Gasteiger partial charge in [-0.15, -0.1) is 6.58 Å². The highest BCUT2D eigenvalue weighted by Gasteiger charge is 2.15. The van der Waals surface area contributed by atoms with Crippen LogP contribution in [0.5, 0.6) is 5.88 Å². The molecule has 0 saturated carbocycles. The van der Waals surface area contributed by atoms with Crippen LogP contribution in [0.3, 0.4) is 0 Å². The average molecular weight is 244 g/mol. The van der Waals surface area contributed by atoms with Crippen LogP contribution in [0.15, 0.2) is 22.2 Å². The molecular weight excluding hydrogens is 231 g/mol. The Hall–Kier alpha value is -1.89. The minimum absolute atomic E-state index is 0.0772. The van der Waals surface area contributed by atoms with E-state index in [0.29, 0.717) is 4.57 Å². The molecule has 17 heavy (non-hydrogen) atoms. The topological polar surface area (TPSA) is 84.3 Å². The number of rotatable bonds is 5. The molecule has 0 aliphatic carbocycles. The second-order valence-electron chi connectivity index (χ2n) is 3.44.